The molecule has 1 aliphatic heterocycles. The first-order chi connectivity index (χ1) is 8.24. The Bertz CT molecular complexity index is 323. The molecule has 1 aromatic heterocycles. The Labute approximate surface area is 108 Å². The number of hydrogen-bond donors (Lipinski definition) is 1. The van der Waals surface area contributed by atoms with E-state index in [1.807, 2.05) is 6.20 Å². The Morgan fingerprint density at radius 2 is 2.35 bits per heavy atom. The molecular formula is C13H23N3S. The highest BCUT2D eigenvalue weighted by Gasteiger charge is 2.33. The van der Waals surface area contributed by atoms with Crippen molar-refractivity contribution in [3.05, 3.63) is 16.6 Å². The van der Waals surface area contributed by atoms with Crippen LogP contribution in [-0.2, 0) is 0 Å². The molecule has 0 radical (unpaired) electrons. The molecule has 0 bridgehead atoms. The normalized spacial score (nSPS) is 27.3. The van der Waals surface area contributed by atoms with Crippen LogP contribution in [0.5, 0.6) is 0 Å². The number of aromatic nitrogens is 1. The third-order valence-corrected chi connectivity index (χ3v) is 4.56. The first kappa shape index (κ1) is 13.0. The first-order valence-electron chi connectivity index (χ1n) is 6.59. The molecule has 2 heterocycles. The summed E-state index contributed by atoms with van der Waals surface area (Å²) >= 11 is 1.77. The monoisotopic (exact) mass is 253 g/mol. The Kier molecular flexibility index (Phi) is 4.54. The maximum absolute atomic E-state index is 5.98. The molecule has 2 atom stereocenters. The molecule has 1 fully saturated rings. The van der Waals surface area contributed by atoms with E-state index in [4.69, 9.17) is 5.73 Å². The van der Waals surface area contributed by atoms with E-state index < -0.39 is 0 Å². The van der Waals surface area contributed by atoms with Gasteiger partial charge in [0.2, 0.25) is 0 Å². The van der Waals surface area contributed by atoms with Gasteiger partial charge in [-0.05, 0) is 45.7 Å². The smallest absolute Gasteiger partial charge is 0.110 e. The molecular weight excluding hydrogens is 230 g/mol. The van der Waals surface area contributed by atoms with E-state index in [9.17, 15) is 0 Å². The van der Waals surface area contributed by atoms with Crippen molar-refractivity contribution in [2.75, 3.05) is 13.1 Å². The number of likely N-dealkylation sites (tertiary alicyclic amines) is 1. The van der Waals surface area contributed by atoms with Crippen molar-refractivity contribution in [3.8, 4) is 0 Å². The summed E-state index contributed by atoms with van der Waals surface area (Å²) in [5, 5.41) is 3.32. The fraction of sp³-hybridized carbons (Fsp3) is 0.769. The molecule has 0 amide bonds. The molecule has 0 aromatic carbocycles. The second-order valence-electron chi connectivity index (χ2n) is 5.14. The molecule has 1 saturated heterocycles. The van der Waals surface area contributed by atoms with Crippen molar-refractivity contribution in [1.82, 2.24) is 9.88 Å². The molecule has 0 spiro atoms. The van der Waals surface area contributed by atoms with Crippen molar-refractivity contribution in [1.29, 1.82) is 0 Å². The molecule has 96 valence electrons. The molecule has 4 heteroatoms. The Hall–Kier alpha value is -0.450. The molecule has 2 rings (SSSR count). The van der Waals surface area contributed by atoms with E-state index in [1.54, 1.807) is 11.3 Å². The average Bonchev–Trinajstić information content (AvgIpc) is 2.74. The van der Waals surface area contributed by atoms with Crippen molar-refractivity contribution >= 4 is 11.3 Å². The number of nitrogens with two attached hydrogens (primary N) is 1. The van der Waals surface area contributed by atoms with Crippen molar-refractivity contribution < 1.29 is 0 Å². The highest BCUT2D eigenvalue weighted by atomic mass is 32.1. The standard InChI is InChI=1S/C13H23N3S/c1-10(2)16-7-4-3-5-11(9-14)12(16)13-15-6-8-17-13/h6,8,10-12H,3-5,7,9,14H2,1-2H3. The zero-order valence-electron chi connectivity index (χ0n) is 10.8. The van der Waals surface area contributed by atoms with Gasteiger partial charge in [0.15, 0.2) is 0 Å². The maximum Gasteiger partial charge on any atom is 0.110 e. The molecule has 3 nitrogen and oxygen atoms in total. The quantitative estimate of drug-likeness (QED) is 0.900. The fourth-order valence-corrected chi connectivity index (χ4v) is 3.67. The van der Waals surface area contributed by atoms with Crippen LogP contribution in [0.2, 0.25) is 0 Å². The lowest BCUT2D eigenvalue weighted by molar-refractivity contribution is 0.121. The van der Waals surface area contributed by atoms with E-state index in [0.29, 0.717) is 18.0 Å². The van der Waals surface area contributed by atoms with Gasteiger partial charge >= 0.3 is 0 Å². The number of nitrogens with zero attached hydrogens (tertiary/aromatic N) is 2. The Morgan fingerprint density at radius 3 is 2.94 bits per heavy atom. The molecule has 2 N–H and O–H groups in total. The lowest BCUT2D eigenvalue weighted by Gasteiger charge is -2.36. The van der Waals surface area contributed by atoms with Crippen LogP contribution in [0.4, 0.5) is 0 Å². The second kappa shape index (κ2) is 5.94. The summed E-state index contributed by atoms with van der Waals surface area (Å²) in [7, 11) is 0. The summed E-state index contributed by atoms with van der Waals surface area (Å²) in [5.41, 5.74) is 5.98. The lowest BCUT2D eigenvalue weighted by Crippen LogP contribution is -2.39. The van der Waals surface area contributed by atoms with Crippen molar-refractivity contribution in [2.24, 2.45) is 11.7 Å². The third-order valence-electron chi connectivity index (χ3n) is 3.72. The highest BCUT2D eigenvalue weighted by Crippen LogP contribution is 2.36. The lowest BCUT2D eigenvalue weighted by atomic mass is 9.94. The van der Waals surface area contributed by atoms with E-state index in [-0.39, 0.29) is 0 Å². The van der Waals surface area contributed by atoms with Crippen LogP contribution < -0.4 is 5.73 Å². The summed E-state index contributed by atoms with van der Waals surface area (Å²) in [5.74, 6) is 0.561. The number of hydrogen-bond acceptors (Lipinski definition) is 4. The van der Waals surface area contributed by atoms with Crippen molar-refractivity contribution in [3.63, 3.8) is 0 Å². The zero-order valence-corrected chi connectivity index (χ0v) is 11.6. The summed E-state index contributed by atoms with van der Waals surface area (Å²) in [4.78, 5) is 7.12. The second-order valence-corrected chi connectivity index (χ2v) is 6.06. The fourth-order valence-electron chi connectivity index (χ4n) is 2.82. The molecule has 1 aromatic rings. The third kappa shape index (κ3) is 2.87. The van der Waals surface area contributed by atoms with Crippen molar-refractivity contribution in [2.45, 2.75) is 45.2 Å². The highest BCUT2D eigenvalue weighted by molar-refractivity contribution is 7.09. The first-order valence-corrected chi connectivity index (χ1v) is 7.47. The average molecular weight is 253 g/mol. The van der Waals surface area contributed by atoms with Gasteiger partial charge < -0.3 is 5.73 Å². The molecule has 17 heavy (non-hydrogen) atoms. The van der Waals surface area contributed by atoms with Crippen LogP contribution in [0.1, 0.15) is 44.2 Å². The van der Waals surface area contributed by atoms with Gasteiger partial charge in [0.1, 0.15) is 5.01 Å². The Balaban J connectivity index is 2.28. The SMILES string of the molecule is CC(C)N1CCCCC(CN)C1c1nccs1. The van der Waals surface area contributed by atoms with Crippen LogP contribution in [0.25, 0.3) is 0 Å². The zero-order chi connectivity index (χ0) is 12.3. The van der Waals surface area contributed by atoms with E-state index >= 15 is 0 Å². The summed E-state index contributed by atoms with van der Waals surface area (Å²) < 4.78 is 0. The van der Waals surface area contributed by atoms with Crippen LogP contribution in [-0.4, -0.2) is 29.0 Å². The van der Waals surface area contributed by atoms with E-state index in [0.717, 1.165) is 6.54 Å². The topological polar surface area (TPSA) is 42.1 Å². The molecule has 1 aliphatic rings. The van der Waals surface area contributed by atoms with Gasteiger partial charge in [-0.2, -0.15) is 0 Å². The van der Waals surface area contributed by atoms with Crippen LogP contribution in [0, 0.1) is 5.92 Å². The minimum absolute atomic E-state index is 0.433. The van der Waals surface area contributed by atoms with Crippen LogP contribution in [0.15, 0.2) is 11.6 Å². The van der Waals surface area contributed by atoms with E-state index in [1.165, 1.54) is 30.8 Å². The molecule has 0 saturated carbocycles. The minimum Gasteiger partial charge on any atom is -0.330 e. The van der Waals surface area contributed by atoms with Crippen LogP contribution in [0.3, 0.4) is 0 Å². The van der Waals surface area contributed by atoms with Gasteiger partial charge in [0.05, 0.1) is 6.04 Å². The minimum atomic E-state index is 0.433. The van der Waals surface area contributed by atoms with Gasteiger partial charge in [-0.1, -0.05) is 6.42 Å². The van der Waals surface area contributed by atoms with E-state index in [2.05, 4.69) is 29.1 Å². The van der Waals surface area contributed by atoms with Gasteiger partial charge in [0.25, 0.3) is 0 Å². The van der Waals surface area contributed by atoms with Crippen LogP contribution >= 0.6 is 11.3 Å². The molecule has 0 aliphatic carbocycles. The largest absolute Gasteiger partial charge is 0.330 e. The summed E-state index contributed by atoms with van der Waals surface area (Å²) in [6, 6.07) is 0.999. The number of rotatable bonds is 3. The Morgan fingerprint density at radius 1 is 1.53 bits per heavy atom. The predicted molar refractivity (Wildman–Crippen MR) is 73.1 cm³/mol. The molecule has 2 unspecified atom stereocenters. The number of thiazole rings is 1. The van der Waals surface area contributed by atoms with Gasteiger partial charge in [-0.25, -0.2) is 4.98 Å². The predicted octanol–water partition coefficient (Wildman–Crippen LogP) is 2.65. The van der Waals surface area contributed by atoms with Gasteiger partial charge in [0, 0.05) is 17.6 Å². The van der Waals surface area contributed by atoms with Gasteiger partial charge in [-0.15, -0.1) is 11.3 Å². The summed E-state index contributed by atoms with van der Waals surface area (Å²) in [6.45, 7) is 6.50. The maximum atomic E-state index is 5.98. The summed E-state index contributed by atoms with van der Waals surface area (Å²) in [6.07, 6.45) is 5.74. The van der Waals surface area contributed by atoms with Gasteiger partial charge in [-0.3, -0.25) is 4.90 Å².